The number of rotatable bonds is 7. The van der Waals surface area contributed by atoms with Gasteiger partial charge in [0.2, 0.25) is 5.91 Å². The summed E-state index contributed by atoms with van der Waals surface area (Å²) in [7, 11) is 1.77. The third kappa shape index (κ3) is 5.65. The molecule has 2 aromatic carbocycles. The monoisotopic (exact) mass is 559 g/mol. The first-order valence-electron chi connectivity index (χ1n) is 13.1. The number of anilines is 1. The number of aromatic nitrogens is 2. The molecule has 12 heteroatoms. The molecule has 5 rings (SSSR count). The number of alkyl halides is 3. The van der Waals surface area contributed by atoms with Crippen molar-refractivity contribution in [2.24, 2.45) is 5.92 Å². The zero-order valence-corrected chi connectivity index (χ0v) is 22.4. The number of carbonyl (C=O) groups excluding carboxylic acids is 1. The van der Waals surface area contributed by atoms with Crippen LogP contribution in [-0.2, 0) is 14.3 Å². The average molecular weight is 560 g/mol. The Bertz CT molecular complexity index is 1350. The first-order valence-corrected chi connectivity index (χ1v) is 13.1. The number of nitrogens with zero attached hydrogens (tertiary/aromatic N) is 2. The van der Waals surface area contributed by atoms with Crippen molar-refractivity contribution in [1.82, 2.24) is 20.2 Å². The molecule has 214 valence electrons. The summed E-state index contributed by atoms with van der Waals surface area (Å²) in [4.78, 5) is 23.2. The molecular weight excluding hydrogens is 527 g/mol. The number of nitrogen functional groups attached to an aromatic ring is 1. The number of nitrogens with one attached hydrogen (secondary N) is 2. The Morgan fingerprint density at radius 2 is 1.85 bits per heavy atom. The van der Waals surface area contributed by atoms with Crippen molar-refractivity contribution in [1.29, 1.82) is 0 Å². The minimum absolute atomic E-state index is 0.0545. The third-order valence-corrected chi connectivity index (χ3v) is 7.28. The fourth-order valence-electron chi connectivity index (χ4n) is 5.41. The summed E-state index contributed by atoms with van der Waals surface area (Å²) in [6.07, 6.45) is -2.73. The van der Waals surface area contributed by atoms with Crippen LogP contribution in [0.2, 0.25) is 0 Å². The molecule has 1 aromatic heterocycles. The number of nitrogens with two attached hydrogens (primary N) is 1. The van der Waals surface area contributed by atoms with E-state index in [4.69, 9.17) is 15.2 Å². The maximum absolute atomic E-state index is 13.5. The van der Waals surface area contributed by atoms with E-state index in [1.165, 1.54) is 12.1 Å². The SMILES string of the molecule is CN[C@H](C(=O)N1CC2(C[C@H]1c1ncc(-c3ccc(-c4ccc(N)cc4OC(F)(F)F)cc3)[nH]1)OCCO2)C(C)C. The van der Waals surface area contributed by atoms with Crippen LogP contribution in [0.1, 0.15) is 32.1 Å². The number of likely N-dealkylation sites (tertiary alicyclic amines) is 1. The van der Waals surface area contributed by atoms with E-state index in [-0.39, 0.29) is 40.9 Å². The molecule has 1 spiro atoms. The Morgan fingerprint density at radius 3 is 2.48 bits per heavy atom. The van der Waals surface area contributed by atoms with Crippen molar-refractivity contribution >= 4 is 11.6 Å². The van der Waals surface area contributed by atoms with Gasteiger partial charge in [-0.15, -0.1) is 13.2 Å². The van der Waals surface area contributed by atoms with Gasteiger partial charge in [0.05, 0.1) is 43.7 Å². The number of carbonyl (C=O) groups is 1. The maximum atomic E-state index is 13.5. The Balaban J connectivity index is 1.41. The molecule has 3 aromatic rings. The number of ether oxygens (including phenoxy) is 3. The summed E-state index contributed by atoms with van der Waals surface area (Å²) in [5.74, 6) is -0.613. The molecular formula is C28H32F3N5O4. The molecule has 0 aliphatic carbocycles. The van der Waals surface area contributed by atoms with Crippen molar-refractivity contribution in [3.63, 3.8) is 0 Å². The maximum Gasteiger partial charge on any atom is 0.573 e. The highest BCUT2D eigenvalue weighted by Crippen LogP contribution is 2.43. The number of hydrogen-bond acceptors (Lipinski definition) is 7. The van der Waals surface area contributed by atoms with Gasteiger partial charge in [0.1, 0.15) is 11.6 Å². The lowest BCUT2D eigenvalue weighted by atomic mass is 10.0. The third-order valence-electron chi connectivity index (χ3n) is 7.28. The molecule has 0 bridgehead atoms. The Hall–Kier alpha value is -3.61. The van der Waals surface area contributed by atoms with Crippen LogP contribution in [-0.4, -0.2) is 65.8 Å². The topological polar surface area (TPSA) is 115 Å². The molecule has 1 amide bonds. The van der Waals surface area contributed by atoms with Gasteiger partial charge in [0.15, 0.2) is 5.79 Å². The molecule has 2 fully saturated rings. The van der Waals surface area contributed by atoms with E-state index in [2.05, 4.69) is 20.0 Å². The van der Waals surface area contributed by atoms with E-state index < -0.39 is 12.1 Å². The van der Waals surface area contributed by atoms with Crippen LogP contribution in [0.4, 0.5) is 18.9 Å². The van der Waals surface area contributed by atoms with Crippen LogP contribution in [0.5, 0.6) is 5.75 Å². The Labute approximate surface area is 229 Å². The molecule has 3 heterocycles. The van der Waals surface area contributed by atoms with Crippen molar-refractivity contribution in [3.8, 4) is 28.1 Å². The van der Waals surface area contributed by atoms with Crippen molar-refractivity contribution in [2.75, 3.05) is 32.5 Å². The second-order valence-corrected chi connectivity index (χ2v) is 10.4. The standard InChI is InChI=1S/C28H32F3N5O4/c1-16(2)24(33-3)26(37)36-15-27(38-10-11-39-27)13-22(36)25-34-14-21(35-25)18-6-4-17(5-7-18)20-9-8-19(32)12-23(20)40-28(29,30)31/h4-9,12,14,16,22,24,33H,10-11,13,15,32H2,1-3H3,(H,34,35)/t22-,24-/m0/s1. The summed E-state index contributed by atoms with van der Waals surface area (Å²) >= 11 is 0. The molecule has 4 N–H and O–H groups in total. The van der Waals surface area contributed by atoms with Crippen molar-refractivity contribution < 1.29 is 32.2 Å². The number of imidazole rings is 1. The normalized spacial score (nSPS) is 19.5. The molecule has 0 saturated carbocycles. The molecule has 40 heavy (non-hydrogen) atoms. The fourth-order valence-corrected chi connectivity index (χ4v) is 5.41. The van der Waals surface area contributed by atoms with Crippen LogP contribution in [0.3, 0.4) is 0 Å². The van der Waals surface area contributed by atoms with Crippen LogP contribution in [0, 0.1) is 5.92 Å². The zero-order valence-electron chi connectivity index (χ0n) is 22.4. The molecule has 0 radical (unpaired) electrons. The number of likely N-dealkylation sites (N-methyl/N-ethyl adjacent to an activating group) is 1. The van der Waals surface area contributed by atoms with E-state index in [0.717, 1.165) is 11.6 Å². The van der Waals surface area contributed by atoms with Gasteiger partial charge in [-0.25, -0.2) is 4.98 Å². The number of halogens is 3. The van der Waals surface area contributed by atoms with Gasteiger partial charge >= 0.3 is 6.36 Å². The van der Waals surface area contributed by atoms with Crippen LogP contribution in [0.25, 0.3) is 22.4 Å². The van der Waals surface area contributed by atoms with Gasteiger partial charge in [-0.2, -0.15) is 0 Å². The summed E-state index contributed by atoms with van der Waals surface area (Å²) in [6, 6.07) is 10.3. The number of hydrogen-bond donors (Lipinski definition) is 3. The predicted molar refractivity (Wildman–Crippen MR) is 142 cm³/mol. The van der Waals surface area contributed by atoms with Gasteiger partial charge in [-0.05, 0) is 36.2 Å². The molecule has 2 aliphatic rings. The average Bonchev–Trinajstić information content (AvgIpc) is 3.64. The van der Waals surface area contributed by atoms with E-state index in [1.54, 1.807) is 42.4 Å². The lowest BCUT2D eigenvalue weighted by molar-refractivity contribution is -0.274. The van der Waals surface area contributed by atoms with Crippen molar-refractivity contribution in [3.05, 3.63) is 54.5 Å². The molecule has 2 aliphatic heterocycles. The van der Waals surface area contributed by atoms with E-state index in [1.807, 2.05) is 13.8 Å². The van der Waals surface area contributed by atoms with E-state index in [9.17, 15) is 18.0 Å². The molecule has 9 nitrogen and oxygen atoms in total. The summed E-state index contributed by atoms with van der Waals surface area (Å²) < 4.78 is 54.9. The molecule has 2 saturated heterocycles. The number of amides is 1. The predicted octanol–water partition coefficient (Wildman–Crippen LogP) is 4.49. The number of H-pyrrole nitrogens is 1. The largest absolute Gasteiger partial charge is 0.573 e. The lowest BCUT2D eigenvalue weighted by Gasteiger charge is -2.29. The van der Waals surface area contributed by atoms with Crippen LogP contribution < -0.4 is 15.8 Å². The van der Waals surface area contributed by atoms with Gasteiger partial charge < -0.3 is 35.1 Å². The first kappa shape index (κ1) is 27.9. The second-order valence-electron chi connectivity index (χ2n) is 10.4. The number of aromatic amines is 1. The highest BCUT2D eigenvalue weighted by Gasteiger charge is 2.52. The zero-order chi connectivity index (χ0) is 28.7. The minimum atomic E-state index is -4.85. The molecule has 2 atom stereocenters. The molecule has 0 unspecified atom stereocenters. The quantitative estimate of drug-likeness (QED) is 0.366. The highest BCUT2D eigenvalue weighted by atomic mass is 19.4. The Kier molecular flexibility index (Phi) is 7.51. The lowest BCUT2D eigenvalue weighted by Crippen LogP contribution is -2.49. The Morgan fingerprint density at radius 1 is 1.18 bits per heavy atom. The minimum Gasteiger partial charge on any atom is -0.405 e. The number of benzene rings is 2. The van der Waals surface area contributed by atoms with Gasteiger partial charge in [0.25, 0.3) is 0 Å². The first-order chi connectivity index (χ1) is 19.0. The summed E-state index contributed by atoms with van der Waals surface area (Å²) in [5.41, 5.74) is 8.09. The summed E-state index contributed by atoms with van der Waals surface area (Å²) in [5, 5.41) is 3.12. The van der Waals surface area contributed by atoms with Crippen LogP contribution in [0.15, 0.2) is 48.7 Å². The highest BCUT2D eigenvalue weighted by molar-refractivity contribution is 5.83. The second kappa shape index (κ2) is 10.8. The van der Waals surface area contributed by atoms with E-state index in [0.29, 0.717) is 43.3 Å². The van der Waals surface area contributed by atoms with Gasteiger partial charge in [0, 0.05) is 23.7 Å². The fraction of sp³-hybridized carbons (Fsp3) is 0.429. The smallest absolute Gasteiger partial charge is 0.405 e. The van der Waals surface area contributed by atoms with E-state index >= 15 is 0 Å². The van der Waals surface area contributed by atoms with Gasteiger partial charge in [-0.3, -0.25) is 4.79 Å². The van der Waals surface area contributed by atoms with Gasteiger partial charge in [-0.1, -0.05) is 38.1 Å². The summed E-state index contributed by atoms with van der Waals surface area (Å²) in [6.45, 7) is 5.21. The van der Waals surface area contributed by atoms with Crippen molar-refractivity contribution in [2.45, 2.75) is 44.5 Å². The van der Waals surface area contributed by atoms with Crippen LogP contribution >= 0.6 is 0 Å².